The number of allylic oxidation sites excluding steroid dienone is 9. The summed E-state index contributed by atoms with van der Waals surface area (Å²) < 4.78 is 0. The molecule has 0 rings (SSSR count). The van der Waals surface area contributed by atoms with Crippen molar-refractivity contribution in [3.63, 3.8) is 0 Å². The first-order valence-corrected chi connectivity index (χ1v) is 30.5. The minimum absolute atomic E-state index is 0.0734. The normalized spacial score (nSPS) is 13.2. The quantitative estimate of drug-likeness (QED) is 0.0420. The smallest absolute Gasteiger partial charge is 0.220 e. The van der Waals surface area contributed by atoms with Gasteiger partial charge in [-0.3, -0.25) is 4.79 Å². The van der Waals surface area contributed by atoms with E-state index in [1.807, 2.05) is 6.08 Å². The van der Waals surface area contributed by atoms with Gasteiger partial charge in [-0.15, -0.1) is 0 Å². The highest BCUT2D eigenvalue weighted by molar-refractivity contribution is 5.76. The molecule has 0 spiro atoms. The largest absolute Gasteiger partial charge is 0.394 e. The van der Waals surface area contributed by atoms with Crippen molar-refractivity contribution in [2.75, 3.05) is 6.61 Å². The Morgan fingerprint density at radius 3 is 0.941 bits per heavy atom. The molecular formula is C64H119NO3. The molecule has 0 heterocycles. The highest BCUT2D eigenvalue weighted by atomic mass is 16.3. The Balaban J connectivity index is 3.48. The molecule has 0 saturated carbocycles. The summed E-state index contributed by atoms with van der Waals surface area (Å²) in [6.07, 6.45) is 84.1. The molecule has 3 N–H and O–H groups in total. The van der Waals surface area contributed by atoms with E-state index < -0.39 is 12.1 Å². The van der Waals surface area contributed by atoms with Crippen LogP contribution in [0.2, 0.25) is 0 Å². The van der Waals surface area contributed by atoms with Gasteiger partial charge in [-0.05, 0) is 77.0 Å². The van der Waals surface area contributed by atoms with Gasteiger partial charge in [0.1, 0.15) is 0 Å². The maximum Gasteiger partial charge on any atom is 0.220 e. The monoisotopic (exact) mass is 950 g/mol. The molecule has 0 fully saturated rings. The van der Waals surface area contributed by atoms with E-state index in [1.54, 1.807) is 6.08 Å². The zero-order valence-corrected chi connectivity index (χ0v) is 45.9. The van der Waals surface area contributed by atoms with Crippen molar-refractivity contribution in [1.29, 1.82) is 0 Å². The Morgan fingerprint density at radius 2 is 0.618 bits per heavy atom. The molecule has 0 aromatic rings. The molecule has 398 valence electrons. The molecule has 1 amide bonds. The minimum Gasteiger partial charge on any atom is -0.394 e. The second kappa shape index (κ2) is 59.4. The average Bonchev–Trinajstić information content (AvgIpc) is 3.34. The SMILES string of the molecule is CCCCCCC/C=C\C/C=C\CCCCCCCCCCCCCCCCCCCCCCCCCC(=O)NC(CO)C(O)/C=C/CC/C=C/CC/C=C/CCCCCCCCCCCCC. The summed E-state index contributed by atoms with van der Waals surface area (Å²) in [4.78, 5) is 12.5. The van der Waals surface area contributed by atoms with Crippen LogP contribution in [0.15, 0.2) is 60.8 Å². The molecule has 0 aromatic heterocycles. The van der Waals surface area contributed by atoms with Crippen LogP contribution in [0.25, 0.3) is 0 Å². The van der Waals surface area contributed by atoms with E-state index in [-0.39, 0.29) is 12.5 Å². The van der Waals surface area contributed by atoms with Gasteiger partial charge in [-0.1, -0.05) is 299 Å². The van der Waals surface area contributed by atoms with Crippen LogP contribution in [0.3, 0.4) is 0 Å². The van der Waals surface area contributed by atoms with E-state index in [9.17, 15) is 15.0 Å². The number of rotatable bonds is 56. The number of hydrogen-bond acceptors (Lipinski definition) is 3. The summed E-state index contributed by atoms with van der Waals surface area (Å²) in [5.74, 6) is -0.0734. The first-order chi connectivity index (χ1) is 33.7. The highest BCUT2D eigenvalue weighted by Gasteiger charge is 2.18. The van der Waals surface area contributed by atoms with E-state index in [0.29, 0.717) is 6.42 Å². The van der Waals surface area contributed by atoms with Crippen LogP contribution < -0.4 is 5.32 Å². The molecule has 0 saturated heterocycles. The van der Waals surface area contributed by atoms with Crippen LogP contribution in [-0.2, 0) is 4.79 Å². The van der Waals surface area contributed by atoms with Crippen molar-refractivity contribution in [2.24, 2.45) is 0 Å². The third kappa shape index (κ3) is 55.0. The van der Waals surface area contributed by atoms with Crippen molar-refractivity contribution in [3.05, 3.63) is 60.8 Å². The lowest BCUT2D eigenvalue weighted by Crippen LogP contribution is -2.45. The zero-order chi connectivity index (χ0) is 49.2. The number of nitrogens with one attached hydrogen (secondary N) is 1. The van der Waals surface area contributed by atoms with E-state index >= 15 is 0 Å². The summed E-state index contributed by atoms with van der Waals surface area (Å²) in [5.41, 5.74) is 0. The number of aliphatic hydroxyl groups excluding tert-OH is 2. The van der Waals surface area contributed by atoms with Crippen LogP contribution >= 0.6 is 0 Å². The van der Waals surface area contributed by atoms with Gasteiger partial charge in [-0.25, -0.2) is 0 Å². The summed E-state index contributed by atoms with van der Waals surface area (Å²) in [6.45, 7) is 4.31. The fraction of sp³-hybridized carbons (Fsp3) is 0.828. The van der Waals surface area contributed by atoms with Gasteiger partial charge >= 0.3 is 0 Å². The molecule has 2 unspecified atom stereocenters. The van der Waals surface area contributed by atoms with Crippen LogP contribution in [0.1, 0.15) is 322 Å². The summed E-state index contributed by atoms with van der Waals surface area (Å²) in [7, 11) is 0. The predicted molar refractivity (Wildman–Crippen MR) is 304 cm³/mol. The van der Waals surface area contributed by atoms with Gasteiger partial charge in [0.25, 0.3) is 0 Å². The number of unbranched alkanes of at least 4 members (excludes halogenated alkanes) is 41. The molecule has 4 heteroatoms. The maximum atomic E-state index is 12.5. The van der Waals surface area contributed by atoms with Gasteiger partial charge in [0.2, 0.25) is 5.91 Å². The Labute approximate surface area is 426 Å². The van der Waals surface area contributed by atoms with Crippen molar-refractivity contribution in [1.82, 2.24) is 5.32 Å². The lowest BCUT2D eigenvalue weighted by Gasteiger charge is -2.19. The number of amides is 1. The lowest BCUT2D eigenvalue weighted by molar-refractivity contribution is -0.123. The Kier molecular flexibility index (Phi) is 57.7. The summed E-state index contributed by atoms with van der Waals surface area (Å²) >= 11 is 0. The third-order valence-electron chi connectivity index (χ3n) is 14.0. The molecule has 0 aliphatic carbocycles. The lowest BCUT2D eigenvalue weighted by atomic mass is 10.0. The second-order valence-corrected chi connectivity index (χ2v) is 20.7. The van der Waals surface area contributed by atoms with Crippen molar-refractivity contribution in [3.8, 4) is 0 Å². The minimum atomic E-state index is -0.871. The van der Waals surface area contributed by atoms with Crippen LogP contribution in [0.5, 0.6) is 0 Å². The third-order valence-corrected chi connectivity index (χ3v) is 14.0. The Bertz CT molecular complexity index is 1120. The number of carbonyl (C=O) groups is 1. The van der Waals surface area contributed by atoms with Crippen LogP contribution in [0, 0.1) is 0 Å². The molecule has 2 atom stereocenters. The second-order valence-electron chi connectivity index (χ2n) is 20.7. The van der Waals surface area contributed by atoms with Gasteiger partial charge in [0, 0.05) is 6.42 Å². The van der Waals surface area contributed by atoms with Crippen molar-refractivity contribution >= 4 is 5.91 Å². The maximum absolute atomic E-state index is 12.5. The van der Waals surface area contributed by atoms with Gasteiger partial charge in [0.15, 0.2) is 0 Å². The van der Waals surface area contributed by atoms with E-state index in [2.05, 4.69) is 67.8 Å². The van der Waals surface area contributed by atoms with Crippen LogP contribution in [-0.4, -0.2) is 34.9 Å². The predicted octanol–water partition coefficient (Wildman–Crippen LogP) is 20.4. The van der Waals surface area contributed by atoms with E-state index in [1.165, 1.54) is 257 Å². The van der Waals surface area contributed by atoms with Crippen molar-refractivity contribution < 1.29 is 15.0 Å². The molecule has 68 heavy (non-hydrogen) atoms. The van der Waals surface area contributed by atoms with Gasteiger partial charge in [0.05, 0.1) is 18.8 Å². The summed E-state index contributed by atoms with van der Waals surface area (Å²) in [6, 6.07) is -0.646. The Morgan fingerprint density at radius 1 is 0.353 bits per heavy atom. The first kappa shape index (κ1) is 66.1. The molecule has 4 nitrogen and oxygen atoms in total. The van der Waals surface area contributed by atoms with E-state index in [0.717, 1.165) is 44.9 Å². The molecule has 0 aromatic carbocycles. The average molecular weight is 951 g/mol. The number of hydrogen-bond donors (Lipinski definition) is 3. The van der Waals surface area contributed by atoms with Gasteiger partial charge in [-0.2, -0.15) is 0 Å². The molecule has 0 aliphatic rings. The molecule has 0 aliphatic heterocycles. The van der Waals surface area contributed by atoms with Crippen molar-refractivity contribution in [2.45, 2.75) is 334 Å². The number of carbonyl (C=O) groups excluding carboxylic acids is 1. The topological polar surface area (TPSA) is 69.6 Å². The standard InChI is InChI=1S/C64H119NO3/c1-3-5-7-9-11-13-15-17-19-21-23-25-26-27-28-29-30-31-32-33-34-35-36-37-38-40-42-44-46-48-50-52-54-56-58-60-64(68)65-62(61-66)63(67)59-57-55-53-51-49-47-45-43-41-39-24-22-20-18-16-14-12-10-8-6-4-2/h15,17,21,23,41,43,49,51,57,59,62-63,66-67H,3-14,16,18-20,22,24-40,42,44-48,50,52-56,58,60-61H2,1-2H3,(H,65,68)/b17-15-,23-21-,43-41+,51-49+,59-57+. The molecular weight excluding hydrogens is 831 g/mol. The molecule has 0 radical (unpaired) electrons. The van der Waals surface area contributed by atoms with Crippen LogP contribution in [0.4, 0.5) is 0 Å². The Hall–Kier alpha value is -1.91. The molecule has 0 bridgehead atoms. The highest BCUT2D eigenvalue weighted by Crippen LogP contribution is 2.17. The number of aliphatic hydroxyl groups is 2. The summed E-state index contributed by atoms with van der Waals surface area (Å²) in [5, 5.41) is 23.2. The van der Waals surface area contributed by atoms with Gasteiger partial charge < -0.3 is 15.5 Å². The fourth-order valence-electron chi connectivity index (χ4n) is 9.30. The zero-order valence-electron chi connectivity index (χ0n) is 45.9. The van der Waals surface area contributed by atoms with E-state index in [4.69, 9.17) is 0 Å². The fourth-order valence-corrected chi connectivity index (χ4v) is 9.30. The first-order valence-electron chi connectivity index (χ1n) is 30.5.